The molecule has 8 nitrogen and oxygen atoms in total. The lowest BCUT2D eigenvalue weighted by Gasteiger charge is -2.29. The average Bonchev–Trinajstić information content (AvgIpc) is 1.77. The number of carbonyl (C=O) groups excluding carboxylic acids is 1. The molecule has 0 bridgehead atoms. The highest BCUT2D eigenvalue weighted by molar-refractivity contribution is 7.45. The second-order valence-electron chi connectivity index (χ2n) is 26.6. The van der Waals surface area contributed by atoms with Gasteiger partial charge in [-0.25, -0.2) is 0 Å². The van der Waals surface area contributed by atoms with E-state index < -0.39 is 26.6 Å². The van der Waals surface area contributed by atoms with Gasteiger partial charge in [0.2, 0.25) is 5.91 Å². The monoisotopic (exact) mass is 1320 g/mol. The number of likely N-dealkylation sites (N-methyl/N-ethyl adjacent to an activating group) is 1. The molecule has 0 rings (SSSR count). The van der Waals surface area contributed by atoms with Gasteiger partial charge in [0, 0.05) is 6.42 Å². The number of aliphatic hydroxyl groups excluding tert-OH is 1. The summed E-state index contributed by atoms with van der Waals surface area (Å²) in [6.45, 7) is 4.51. The Morgan fingerprint density at radius 3 is 0.989 bits per heavy atom. The number of quaternary nitrogens is 1. The lowest BCUT2D eigenvalue weighted by atomic mass is 10.0. The van der Waals surface area contributed by atoms with Crippen LogP contribution in [0.3, 0.4) is 0 Å². The van der Waals surface area contributed by atoms with E-state index in [1.54, 1.807) is 6.08 Å². The quantitative estimate of drug-likeness (QED) is 0.0272. The molecule has 3 atom stereocenters. The first-order valence-electron chi connectivity index (χ1n) is 38.5. The van der Waals surface area contributed by atoms with Crippen molar-refractivity contribution >= 4 is 13.7 Å². The maximum atomic E-state index is 13.1. The predicted molar refractivity (Wildman–Crippen MR) is 412 cm³/mol. The van der Waals surface area contributed by atoms with Gasteiger partial charge in [0.15, 0.2) is 0 Å². The van der Waals surface area contributed by atoms with Crippen molar-refractivity contribution in [3.63, 3.8) is 0 Å². The Balaban J connectivity index is 4.18. The van der Waals surface area contributed by atoms with Gasteiger partial charge < -0.3 is 28.8 Å². The number of hydrogen-bond acceptors (Lipinski definition) is 6. The van der Waals surface area contributed by atoms with Crippen LogP contribution in [0.25, 0.3) is 0 Å². The number of aliphatic hydroxyl groups is 1. The van der Waals surface area contributed by atoms with Crippen LogP contribution < -0.4 is 10.2 Å². The molecule has 94 heavy (non-hydrogen) atoms. The first-order valence-corrected chi connectivity index (χ1v) is 40.0. The second-order valence-corrected chi connectivity index (χ2v) is 28.0. The van der Waals surface area contributed by atoms with E-state index in [4.69, 9.17) is 9.05 Å². The maximum absolute atomic E-state index is 13.1. The van der Waals surface area contributed by atoms with E-state index >= 15 is 0 Å². The zero-order valence-electron chi connectivity index (χ0n) is 61.4. The molecular weight excluding hydrogens is 1180 g/mol. The Bertz CT molecular complexity index is 2150. The Kier molecular flexibility index (Phi) is 69.9. The predicted octanol–water partition coefficient (Wildman–Crippen LogP) is 24.8. The number of phosphoric acid groups is 1. The van der Waals surface area contributed by atoms with Gasteiger partial charge >= 0.3 is 0 Å². The third kappa shape index (κ3) is 75.2. The van der Waals surface area contributed by atoms with Crippen molar-refractivity contribution in [2.75, 3.05) is 40.9 Å². The molecule has 0 spiro atoms. The van der Waals surface area contributed by atoms with E-state index in [-0.39, 0.29) is 12.5 Å². The van der Waals surface area contributed by atoms with Crippen LogP contribution in [-0.2, 0) is 18.4 Å². The van der Waals surface area contributed by atoms with Crippen molar-refractivity contribution in [3.05, 3.63) is 170 Å². The average molecular weight is 1320 g/mol. The van der Waals surface area contributed by atoms with Crippen LogP contribution in [0.4, 0.5) is 0 Å². The molecule has 2 N–H and O–H groups in total. The first kappa shape index (κ1) is 89.9. The highest BCUT2D eigenvalue weighted by atomic mass is 31.2. The summed E-state index contributed by atoms with van der Waals surface area (Å²) >= 11 is 0. The van der Waals surface area contributed by atoms with E-state index in [1.165, 1.54) is 161 Å². The van der Waals surface area contributed by atoms with Crippen LogP contribution in [0.1, 0.15) is 309 Å². The summed E-state index contributed by atoms with van der Waals surface area (Å²) < 4.78 is 23.5. The summed E-state index contributed by atoms with van der Waals surface area (Å²) in [7, 11) is 1.21. The van der Waals surface area contributed by atoms with Crippen molar-refractivity contribution in [2.24, 2.45) is 0 Å². The van der Waals surface area contributed by atoms with E-state index in [0.717, 1.165) is 128 Å². The highest BCUT2D eigenvalue weighted by Gasteiger charge is 2.23. The topological polar surface area (TPSA) is 108 Å². The largest absolute Gasteiger partial charge is 0.756 e. The summed E-state index contributed by atoms with van der Waals surface area (Å²) in [5.41, 5.74) is 0. The fourth-order valence-electron chi connectivity index (χ4n) is 10.5. The molecule has 0 aromatic carbocycles. The first-order chi connectivity index (χ1) is 46.0. The Labute approximate surface area is 581 Å². The minimum absolute atomic E-state index is 0.0198. The number of nitrogens with one attached hydrogen (secondary N) is 1. The molecule has 536 valence electrons. The van der Waals surface area contributed by atoms with Gasteiger partial charge in [0.1, 0.15) is 13.2 Å². The van der Waals surface area contributed by atoms with Gasteiger partial charge in [-0.15, -0.1) is 0 Å². The molecule has 0 aliphatic rings. The Morgan fingerprint density at radius 1 is 0.383 bits per heavy atom. The minimum Gasteiger partial charge on any atom is -0.756 e. The summed E-state index contributed by atoms with van der Waals surface area (Å²) in [5, 5.41) is 13.9. The molecule has 1 amide bonds. The number of rotatable bonds is 69. The molecular formula is C85H145N2O6P. The normalized spacial score (nSPS) is 14.5. The number of unbranched alkanes of at least 4 members (excludes halogenated alkanes) is 30. The van der Waals surface area contributed by atoms with Crippen molar-refractivity contribution in [1.29, 1.82) is 0 Å². The van der Waals surface area contributed by atoms with Crippen molar-refractivity contribution < 1.29 is 32.9 Å². The van der Waals surface area contributed by atoms with Crippen LogP contribution in [-0.4, -0.2) is 68.5 Å². The zero-order chi connectivity index (χ0) is 68.3. The van der Waals surface area contributed by atoms with Gasteiger partial charge in [0.05, 0.1) is 39.9 Å². The SMILES string of the molecule is CC/C=C\C/C=C\C/C=C\C/C=C\C/C=C\C/C=C\C/C=C\C/C=C\C/C=C\C/C=C\C/C=C\CCCCCCCCCC(=O)NC(COP(=O)([O-])OCC[N+](C)(C)C)C(O)/C=C/CC/C=C/CC/C=C/CCCCCCCCCCCCCCCCCCCCCCC. The third-order valence-corrected chi connectivity index (χ3v) is 17.4. The van der Waals surface area contributed by atoms with E-state index in [9.17, 15) is 19.4 Å². The second kappa shape index (κ2) is 73.1. The van der Waals surface area contributed by atoms with Crippen LogP contribution in [0.5, 0.6) is 0 Å². The molecule has 0 radical (unpaired) electrons. The van der Waals surface area contributed by atoms with Gasteiger partial charge in [-0.2, -0.15) is 0 Å². The molecule has 0 saturated carbocycles. The number of carbonyl (C=O) groups is 1. The summed E-state index contributed by atoms with van der Waals surface area (Å²) in [6.07, 6.45) is 115. The lowest BCUT2D eigenvalue weighted by molar-refractivity contribution is -0.870. The molecule has 0 fully saturated rings. The number of allylic oxidation sites excluding steroid dienone is 27. The molecule has 0 saturated heterocycles. The molecule has 9 heteroatoms. The minimum atomic E-state index is -4.63. The van der Waals surface area contributed by atoms with E-state index in [0.29, 0.717) is 17.4 Å². The number of nitrogens with zero attached hydrogens (tertiary/aromatic N) is 1. The van der Waals surface area contributed by atoms with Crippen LogP contribution in [0.15, 0.2) is 170 Å². The standard InChI is InChI=1S/C85H145N2O6P/c1-6-8-10-12-14-16-18-20-22-24-26-28-30-32-34-36-38-39-40-41-42-43-44-45-46-47-49-51-53-55-57-59-61-63-65-67-69-71-73-75-77-79-85(89)86-83(82-93-94(90,91)92-81-80-87(3,4)5)84(88)78-76-74-72-70-68-66-64-62-60-58-56-54-52-50-48-37-35-33-31-29-27-25-23-21-19-17-15-13-11-9-7-2/h8,10,14,16,20,22,26,28,32,34,38-39,41-42,44-45,47,49,53,55,59-62,68,70,76,78,83-84,88H,6-7,9,11-13,15,17-19,21,23-25,27,29-31,33,35-37,40,43,46,48,50-52,54,56-58,63-67,69,71-75,77,79-82H2,1-5H3,(H-,86,89,90,91)/b10-8-,16-14-,22-20-,28-26-,34-32-,39-38-,42-41-,45-44-,49-47-,55-53-,61-59-,62-60+,70-68+,78-76+. The van der Waals surface area contributed by atoms with Crippen molar-refractivity contribution in [1.82, 2.24) is 5.32 Å². The number of phosphoric ester groups is 1. The molecule has 3 unspecified atom stereocenters. The van der Waals surface area contributed by atoms with Crippen LogP contribution in [0.2, 0.25) is 0 Å². The summed E-state index contributed by atoms with van der Waals surface area (Å²) in [5.74, 6) is -0.227. The zero-order valence-corrected chi connectivity index (χ0v) is 62.2. The van der Waals surface area contributed by atoms with Crippen molar-refractivity contribution in [3.8, 4) is 0 Å². The molecule has 0 aromatic rings. The Hall–Kier alpha value is -4.14. The maximum Gasteiger partial charge on any atom is 0.268 e. The van der Waals surface area contributed by atoms with Gasteiger partial charge in [-0.05, 0) is 128 Å². The van der Waals surface area contributed by atoms with Gasteiger partial charge in [0.25, 0.3) is 7.82 Å². The Morgan fingerprint density at radius 2 is 0.660 bits per heavy atom. The molecule has 0 aliphatic carbocycles. The number of hydrogen-bond donors (Lipinski definition) is 2. The van der Waals surface area contributed by atoms with Crippen LogP contribution >= 0.6 is 7.82 Å². The smallest absolute Gasteiger partial charge is 0.268 e. The van der Waals surface area contributed by atoms with E-state index in [2.05, 4.69) is 177 Å². The van der Waals surface area contributed by atoms with Gasteiger partial charge in [-0.3, -0.25) is 9.36 Å². The summed E-state index contributed by atoms with van der Waals surface area (Å²) in [4.78, 5) is 25.7. The van der Waals surface area contributed by atoms with Gasteiger partial charge in [-0.1, -0.05) is 344 Å². The lowest BCUT2D eigenvalue weighted by Crippen LogP contribution is -2.45. The summed E-state index contributed by atoms with van der Waals surface area (Å²) in [6, 6.07) is -0.931. The fourth-order valence-corrected chi connectivity index (χ4v) is 11.2. The molecule has 0 aromatic heterocycles. The molecule has 0 aliphatic heterocycles. The highest BCUT2D eigenvalue weighted by Crippen LogP contribution is 2.38. The third-order valence-electron chi connectivity index (χ3n) is 16.4. The molecule has 0 heterocycles. The fraction of sp³-hybridized carbons (Fsp3) is 0.659. The van der Waals surface area contributed by atoms with Crippen LogP contribution in [0, 0.1) is 0 Å². The number of amides is 1. The van der Waals surface area contributed by atoms with Crippen molar-refractivity contribution in [2.45, 2.75) is 321 Å². The van der Waals surface area contributed by atoms with E-state index in [1.807, 2.05) is 27.2 Å².